The summed E-state index contributed by atoms with van der Waals surface area (Å²) in [6, 6.07) is 6.26. The van der Waals surface area contributed by atoms with Gasteiger partial charge < -0.3 is 10.2 Å². The lowest BCUT2D eigenvalue weighted by Gasteiger charge is -2.15. The van der Waals surface area contributed by atoms with Crippen molar-refractivity contribution in [2.24, 2.45) is 5.73 Å². The van der Waals surface area contributed by atoms with Crippen molar-refractivity contribution >= 4 is 0 Å². The molecule has 0 fully saturated rings. The van der Waals surface area contributed by atoms with E-state index >= 15 is 0 Å². The molecular formula is C15H19NO. The lowest BCUT2D eigenvalue weighted by molar-refractivity contribution is 0.530. The van der Waals surface area contributed by atoms with Gasteiger partial charge in [0.2, 0.25) is 0 Å². The second-order valence-corrected chi connectivity index (χ2v) is 4.76. The van der Waals surface area contributed by atoms with Crippen molar-refractivity contribution in [3.05, 3.63) is 58.0 Å². The molecule has 90 valence electrons. The van der Waals surface area contributed by atoms with Crippen LogP contribution in [-0.2, 0) is 0 Å². The molecular weight excluding hydrogens is 210 g/mol. The van der Waals surface area contributed by atoms with Gasteiger partial charge in [0.1, 0.15) is 5.76 Å². The Morgan fingerprint density at radius 2 is 1.59 bits per heavy atom. The molecule has 0 saturated carbocycles. The Balaban J connectivity index is 2.43. The van der Waals surface area contributed by atoms with Crippen molar-refractivity contribution in [2.45, 2.75) is 33.7 Å². The largest absolute Gasteiger partial charge is 0.469 e. The summed E-state index contributed by atoms with van der Waals surface area (Å²) < 4.78 is 5.32. The standard InChI is InChI=1S/C15H19NO/c1-9-5-11(3)14(6-10(9)2)15(16)13-7-12(4)17-8-13/h5-8,15H,16H2,1-4H3. The second-order valence-electron chi connectivity index (χ2n) is 4.76. The highest BCUT2D eigenvalue weighted by Gasteiger charge is 2.14. The Hall–Kier alpha value is -1.54. The first-order valence-electron chi connectivity index (χ1n) is 5.87. The molecule has 0 aliphatic carbocycles. The minimum Gasteiger partial charge on any atom is -0.469 e. The van der Waals surface area contributed by atoms with Crippen molar-refractivity contribution in [3.8, 4) is 0 Å². The van der Waals surface area contributed by atoms with E-state index in [-0.39, 0.29) is 6.04 Å². The number of hydrogen-bond acceptors (Lipinski definition) is 2. The van der Waals surface area contributed by atoms with Gasteiger partial charge in [-0.25, -0.2) is 0 Å². The number of rotatable bonds is 2. The Morgan fingerprint density at radius 1 is 0.941 bits per heavy atom. The molecule has 2 aromatic rings. The van der Waals surface area contributed by atoms with Crippen molar-refractivity contribution < 1.29 is 4.42 Å². The van der Waals surface area contributed by atoms with Crippen LogP contribution >= 0.6 is 0 Å². The summed E-state index contributed by atoms with van der Waals surface area (Å²) in [4.78, 5) is 0. The van der Waals surface area contributed by atoms with Gasteiger partial charge >= 0.3 is 0 Å². The predicted octanol–water partition coefficient (Wildman–Crippen LogP) is 3.56. The van der Waals surface area contributed by atoms with Crippen LogP contribution in [0.15, 0.2) is 28.9 Å². The van der Waals surface area contributed by atoms with E-state index in [0.29, 0.717) is 0 Å². The third kappa shape index (κ3) is 2.27. The summed E-state index contributed by atoms with van der Waals surface area (Å²) in [5.74, 6) is 0.900. The quantitative estimate of drug-likeness (QED) is 0.855. The highest BCUT2D eigenvalue weighted by molar-refractivity contribution is 5.41. The van der Waals surface area contributed by atoms with Gasteiger partial charge in [-0.2, -0.15) is 0 Å². The molecule has 1 aromatic heterocycles. The molecule has 1 heterocycles. The molecule has 0 bridgehead atoms. The zero-order valence-corrected chi connectivity index (χ0v) is 10.9. The minimum absolute atomic E-state index is 0.105. The Bertz CT molecular complexity index is 540. The maximum Gasteiger partial charge on any atom is 0.101 e. The first-order valence-corrected chi connectivity index (χ1v) is 5.87. The van der Waals surface area contributed by atoms with Crippen molar-refractivity contribution in [3.63, 3.8) is 0 Å². The van der Waals surface area contributed by atoms with Crippen LogP contribution in [-0.4, -0.2) is 0 Å². The molecule has 1 unspecified atom stereocenters. The van der Waals surface area contributed by atoms with E-state index < -0.39 is 0 Å². The van der Waals surface area contributed by atoms with E-state index in [2.05, 4.69) is 32.9 Å². The van der Waals surface area contributed by atoms with E-state index in [1.54, 1.807) is 6.26 Å². The minimum atomic E-state index is -0.105. The summed E-state index contributed by atoms with van der Waals surface area (Å²) in [7, 11) is 0. The third-order valence-electron chi connectivity index (χ3n) is 3.33. The van der Waals surface area contributed by atoms with Crippen LogP contribution in [0.3, 0.4) is 0 Å². The molecule has 1 aromatic carbocycles. The number of benzene rings is 1. The molecule has 0 saturated heterocycles. The lowest BCUT2D eigenvalue weighted by atomic mass is 9.93. The predicted molar refractivity (Wildman–Crippen MR) is 70.1 cm³/mol. The first kappa shape index (κ1) is 11.9. The van der Waals surface area contributed by atoms with Gasteiger partial charge in [-0.05, 0) is 56.0 Å². The number of nitrogens with two attached hydrogens (primary N) is 1. The normalized spacial score (nSPS) is 12.8. The van der Waals surface area contributed by atoms with Gasteiger partial charge in [-0.15, -0.1) is 0 Å². The average Bonchev–Trinajstić information content (AvgIpc) is 2.69. The number of aryl methyl sites for hydroxylation is 4. The smallest absolute Gasteiger partial charge is 0.101 e. The van der Waals surface area contributed by atoms with Crippen LogP contribution < -0.4 is 5.73 Å². The number of hydrogen-bond donors (Lipinski definition) is 1. The Labute approximate surface area is 102 Å². The van der Waals surface area contributed by atoms with Gasteiger partial charge in [0.05, 0.1) is 12.3 Å². The van der Waals surface area contributed by atoms with Gasteiger partial charge in [0.25, 0.3) is 0 Å². The van der Waals surface area contributed by atoms with Crippen LogP contribution in [0.5, 0.6) is 0 Å². The van der Waals surface area contributed by atoms with Gasteiger partial charge in [-0.1, -0.05) is 12.1 Å². The molecule has 2 N–H and O–H groups in total. The second kappa shape index (κ2) is 4.38. The zero-order valence-electron chi connectivity index (χ0n) is 10.9. The van der Waals surface area contributed by atoms with E-state index in [0.717, 1.165) is 11.3 Å². The third-order valence-corrected chi connectivity index (χ3v) is 3.33. The highest BCUT2D eigenvalue weighted by atomic mass is 16.3. The molecule has 0 aliphatic rings. The molecule has 0 amide bonds. The maximum atomic E-state index is 6.29. The zero-order chi connectivity index (χ0) is 12.6. The highest BCUT2D eigenvalue weighted by Crippen LogP contribution is 2.26. The van der Waals surface area contributed by atoms with Crippen molar-refractivity contribution in [1.82, 2.24) is 0 Å². The molecule has 0 aliphatic heterocycles. The van der Waals surface area contributed by atoms with Crippen LogP contribution in [0.2, 0.25) is 0 Å². The molecule has 2 rings (SSSR count). The molecule has 0 spiro atoms. The van der Waals surface area contributed by atoms with E-state index in [1.165, 1.54) is 22.3 Å². The first-order chi connectivity index (χ1) is 7.99. The Kier molecular flexibility index (Phi) is 3.07. The molecule has 0 radical (unpaired) electrons. The van der Waals surface area contributed by atoms with Crippen LogP contribution in [0.4, 0.5) is 0 Å². The topological polar surface area (TPSA) is 39.2 Å². The molecule has 2 nitrogen and oxygen atoms in total. The van der Waals surface area contributed by atoms with Gasteiger partial charge in [-0.3, -0.25) is 0 Å². The van der Waals surface area contributed by atoms with Crippen LogP contribution in [0.1, 0.15) is 39.6 Å². The summed E-state index contributed by atoms with van der Waals surface area (Å²) in [6.45, 7) is 8.28. The van der Waals surface area contributed by atoms with Gasteiger partial charge in [0.15, 0.2) is 0 Å². The molecule has 1 atom stereocenters. The van der Waals surface area contributed by atoms with Crippen LogP contribution in [0.25, 0.3) is 0 Å². The van der Waals surface area contributed by atoms with Crippen molar-refractivity contribution in [1.29, 1.82) is 0 Å². The summed E-state index contributed by atoms with van der Waals surface area (Å²) in [5.41, 5.74) is 12.3. The summed E-state index contributed by atoms with van der Waals surface area (Å²) in [6.07, 6.45) is 1.74. The van der Waals surface area contributed by atoms with E-state index in [1.807, 2.05) is 13.0 Å². The SMILES string of the molecule is Cc1cc(C(N)c2cc(C)c(C)cc2C)co1. The van der Waals surface area contributed by atoms with E-state index in [9.17, 15) is 0 Å². The van der Waals surface area contributed by atoms with E-state index in [4.69, 9.17) is 10.2 Å². The molecule has 17 heavy (non-hydrogen) atoms. The fraction of sp³-hybridized carbons (Fsp3) is 0.333. The lowest BCUT2D eigenvalue weighted by Crippen LogP contribution is -2.13. The maximum absolute atomic E-state index is 6.29. The fourth-order valence-corrected chi connectivity index (χ4v) is 2.12. The number of furan rings is 1. The monoisotopic (exact) mass is 229 g/mol. The summed E-state index contributed by atoms with van der Waals surface area (Å²) >= 11 is 0. The molecule has 2 heteroatoms. The van der Waals surface area contributed by atoms with Crippen LogP contribution in [0, 0.1) is 27.7 Å². The van der Waals surface area contributed by atoms with Crippen molar-refractivity contribution in [2.75, 3.05) is 0 Å². The van der Waals surface area contributed by atoms with Gasteiger partial charge in [0, 0.05) is 5.56 Å². The Morgan fingerprint density at radius 3 is 2.18 bits per heavy atom. The fourth-order valence-electron chi connectivity index (χ4n) is 2.12. The summed E-state index contributed by atoms with van der Waals surface area (Å²) in [5, 5.41) is 0. The average molecular weight is 229 g/mol.